The van der Waals surface area contributed by atoms with E-state index >= 15 is 0 Å². The van der Waals surface area contributed by atoms with E-state index < -0.39 is 14.4 Å². The molecular weight excluding hydrogens is 312 g/mol. The molecule has 0 spiro atoms. The third kappa shape index (κ3) is 6.34. The van der Waals surface area contributed by atoms with Crippen LogP contribution in [0.25, 0.3) is 0 Å². The fourth-order valence-corrected chi connectivity index (χ4v) is 3.71. The smallest absolute Gasteiger partial charge is 0.192 e. The highest BCUT2D eigenvalue weighted by molar-refractivity contribution is 6.74. The quantitative estimate of drug-likeness (QED) is 0.497. The Kier molecular flexibility index (Phi) is 7.70. The van der Waals surface area contributed by atoms with Crippen LogP contribution in [0, 0.1) is 5.92 Å². The van der Waals surface area contributed by atoms with Crippen molar-refractivity contribution in [2.75, 3.05) is 6.61 Å². The van der Waals surface area contributed by atoms with Crippen molar-refractivity contribution in [2.24, 2.45) is 5.92 Å². The maximum absolute atomic E-state index is 10.7. The third-order valence-corrected chi connectivity index (χ3v) is 10.2. The van der Waals surface area contributed by atoms with Crippen molar-refractivity contribution in [3.63, 3.8) is 0 Å². The highest BCUT2D eigenvalue weighted by Gasteiger charge is 2.37. The number of hydrogen-bond donors (Lipinski definition) is 1. The minimum atomic E-state index is -1.79. The van der Waals surface area contributed by atoms with Gasteiger partial charge in [0.25, 0.3) is 0 Å². The molecule has 0 radical (unpaired) electrons. The van der Waals surface area contributed by atoms with Gasteiger partial charge in [0.1, 0.15) is 0 Å². The average molecular weight is 351 g/mol. The maximum atomic E-state index is 10.7. The zero-order valence-corrected chi connectivity index (χ0v) is 17.9. The van der Waals surface area contributed by atoms with Crippen molar-refractivity contribution in [2.45, 2.75) is 84.5 Å². The topological polar surface area (TPSA) is 29.5 Å². The predicted octanol–water partition coefficient (Wildman–Crippen LogP) is 6.01. The molecule has 0 heterocycles. The van der Waals surface area contributed by atoms with E-state index in [0.29, 0.717) is 6.61 Å². The highest BCUT2D eigenvalue weighted by atomic mass is 28.4. The molecule has 1 aliphatic carbocycles. The summed E-state index contributed by atoms with van der Waals surface area (Å²) in [6.45, 7) is 20.4. The van der Waals surface area contributed by atoms with Gasteiger partial charge < -0.3 is 9.53 Å². The fourth-order valence-electron chi connectivity index (χ4n) is 2.74. The molecule has 0 saturated carbocycles. The van der Waals surface area contributed by atoms with Crippen LogP contribution in [0.2, 0.25) is 18.1 Å². The van der Waals surface area contributed by atoms with Gasteiger partial charge in [-0.1, -0.05) is 50.6 Å². The fraction of sp³-hybridized carbons (Fsp3) is 0.714. The van der Waals surface area contributed by atoms with Crippen LogP contribution in [-0.2, 0) is 4.43 Å². The summed E-state index contributed by atoms with van der Waals surface area (Å²) in [5.41, 5.74) is 3.71. The van der Waals surface area contributed by atoms with E-state index in [1.165, 1.54) is 11.1 Å². The van der Waals surface area contributed by atoms with Crippen molar-refractivity contribution in [1.29, 1.82) is 0 Å². The molecular formula is C21H38O2Si. The van der Waals surface area contributed by atoms with E-state index in [4.69, 9.17) is 4.43 Å². The lowest BCUT2D eigenvalue weighted by molar-refractivity contribution is 0.155. The minimum Gasteiger partial charge on any atom is -0.413 e. The summed E-state index contributed by atoms with van der Waals surface area (Å²) >= 11 is 0. The molecule has 0 unspecified atom stereocenters. The minimum absolute atomic E-state index is 0.0752. The van der Waals surface area contributed by atoms with Crippen molar-refractivity contribution in [3.8, 4) is 0 Å². The zero-order valence-electron chi connectivity index (χ0n) is 16.9. The summed E-state index contributed by atoms with van der Waals surface area (Å²) < 4.78 is 6.33. The first kappa shape index (κ1) is 21.4. The number of hydrogen-bond acceptors (Lipinski definition) is 2. The Hall–Kier alpha value is -0.643. The predicted molar refractivity (Wildman–Crippen MR) is 108 cm³/mol. The lowest BCUT2D eigenvalue weighted by atomic mass is 9.86. The van der Waals surface area contributed by atoms with Crippen molar-refractivity contribution in [3.05, 3.63) is 35.5 Å². The number of aliphatic hydroxyl groups excluding tert-OH is 1. The van der Waals surface area contributed by atoms with Gasteiger partial charge in [-0.2, -0.15) is 0 Å². The molecule has 1 aliphatic rings. The van der Waals surface area contributed by atoms with Crippen LogP contribution in [0.15, 0.2) is 35.5 Å². The van der Waals surface area contributed by atoms with Crippen molar-refractivity contribution in [1.82, 2.24) is 0 Å². The first-order valence-electron chi connectivity index (χ1n) is 9.26. The second-order valence-corrected chi connectivity index (χ2v) is 13.8. The van der Waals surface area contributed by atoms with E-state index in [0.717, 1.165) is 31.3 Å². The Morgan fingerprint density at radius 1 is 1.25 bits per heavy atom. The standard InChI is InChI=1S/C21H38O2Si/c1-16-10-9-11-17(2)14-20(22)19(13-12-16)18(3)15-23-24(7,8)21(4,5)6/h10,14,19-20,22H,3,9,11-13,15H2,1-2,4-8H3/b16-10+,17-14+/t19-,20+/m0/s1. The molecule has 1 rings (SSSR count). The Morgan fingerprint density at radius 3 is 2.46 bits per heavy atom. The molecule has 2 atom stereocenters. The molecule has 0 fully saturated rings. The van der Waals surface area contributed by atoms with Gasteiger partial charge in [0.2, 0.25) is 0 Å². The number of rotatable bonds is 4. The van der Waals surface area contributed by atoms with Crippen LogP contribution < -0.4 is 0 Å². The Balaban J connectivity index is 2.83. The van der Waals surface area contributed by atoms with E-state index in [2.05, 4.69) is 60.4 Å². The number of aliphatic hydroxyl groups is 1. The van der Waals surface area contributed by atoms with Gasteiger partial charge in [0.15, 0.2) is 8.32 Å². The molecule has 0 aromatic carbocycles. The van der Waals surface area contributed by atoms with Gasteiger partial charge >= 0.3 is 0 Å². The number of allylic oxidation sites excluding steroid dienone is 3. The van der Waals surface area contributed by atoms with E-state index in [1.54, 1.807) is 0 Å². The van der Waals surface area contributed by atoms with Gasteiger partial charge in [-0.25, -0.2) is 0 Å². The molecule has 0 aromatic heterocycles. The first-order chi connectivity index (χ1) is 10.9. The van der Waals surface area contributed by atoms with E-state index in [9.17, 15) is 5.11 Å². The van der Waals surface area contributed by atoms with Gasteiger partial charge in [0, 0.05) is 5.92 Å². The van der Waals surface area contributed by atoms with Crippen LogP contribution in [0.3, 0.4) is 0 Å². The van der Waals surface area contributed by atoms with Crippen LogP contribution >= 0.6 is 0 Å². The molecule has 0 amide bonds. The second-order valence-electron chi connectivity index (χ2n) is 8.95. The zero-order chi connectivity index (χ0) is 18.5. The summed E-state index contributed by atoms with van der Waals surface area (Å²) in [6.07, 6.45) is 7.96. The second kappa shape index (κ2) is 8.64. The summed E-state index contributed by atoms with van der Waals surface area (Å²) in [6, 6.07) is 0. The van der Waals surface area contributed by atoms with Crippen LogP contribution in [0.5, 0.6) is 0 Å². The lowest BCUT2D eigenvalue weighted by Gasteiger charge is -2.37. The summed E-state index contributed by atoms with van der Waals surface area (Å²) in [5.74, 6) is 0.0752. The van der Waals surface area contributed by atoms with E-state index in [-0.39, 0.29) is 11.0 Å². The molecule has 0 aromatic rings. The molecule has 24 heavy (non-hydrogen) atoms. The van der Waals surface area contributed by atoms with Crippen LogP contribution in [-0.4, -0.2) is 26.1 Å². The van der Waals surface area contributed by atoms with Gasteiger partial charge in [-0.15, -0.1) is 0 Å². The Bertz CT molecular complexity index is 494. The van der Waals surface area contributed by atoms with E-state index in [1.807, 2.05) is 6.08 Å². The highest BCUT2D eigenvalue weighted by Crippen LogP contribution is 2.37. The normalized spacial score (nSPS) is 28.5. The Morgan fingerprint density at radius 2 is 1.88 bits per heavy atom. The molecule has 138 valence electrons. The van der Waals surface area contributed by atoms with Crippen molar-refractivity contribution >= 4 is 8.32 Å². The summed E-state index contributed by atoms with van der Waals surface area (Å²) in [7, 11) is -1.79. The van der Waals surface area contributed by atoms with Gasteiger partial charge in [-0.3, -0.25) is 0 Å². The lowest BCUT2D eigenvalue weighted by Crippen LogP contribution is -2.41. The maximum Gasteiger partial charge on any atom is 0.192 e. The largest absolute Gasteiger partial charge is 0.413 e. The van der Waals surface area contributed by atoms with Crippen LogP contribution in [0.4, 0.5) is 0 Å². The first-order valence-corrected chi connectivity index (χ1v) is 12.2. The Labute approximate surface area is 150 Å². The summed E-state index contributed by atoms with van der Waals surface area (Å²) in [5, 5.41) is 10.9. The molecule has 0 aliphatic heterocycles. The third-order valence-electron chi connectivity index (χ3n) is 5.70. The SMILES string of the molecule is C=C(CO[Si](C)(C)C(C)(C)C)[C@@H]1CC/C(C)=C/CC/C(C)=C/[C@H]1O. The summed E-state index contributed by atoms with van der Waals surface area (Å²) in [4.78, 5) is 0. The van der Waals surface area contributed by atoms with Crippen molar-refractivity contribution < 1.29 is 9.53 Å². The van der Waals surface area contributed by atoms with Crippen LogP contribution in [0.1, 0.15) is 60.3 Å². The average Bonchev–Trinajstić information content (AvgIpc) is 2.43. The molecule has 1 N–H and O–H groups in total. The molecule has 2 nitrogen and oxygen atoms in total. The van der Waals surface area contributed by atoms with Gasteiger partial charge in [0.05, 0.1) is 12.7 Å². The van der Waals surface area contributed by atoms with Gasteiger partial charge in [-0.05, 0) is 63.2 Å². The molecule has 0 bridgehead atoms. The molecule has 0 saturated heterocycles. The molecule has 3 heteroatoms. The monoisotopic (exact) mass is 350 g/mol.